The van der Waals surface area contributed by atoms with Crippen LogP contribution in [0.5, 0.6) is 23.1 Å². The lowest BCUT2D eigenvalue weighted by molar-refractivity contribution is -0.0501. The van der Waals surface area contributed by atoms with E-state index in [1.165, 1.54) is 12.1 Å². The largest absolute Gasteiger partial charge is 0.534 e. The quantitative estimate of drug-likeness (QED) is 0.436. The number of alkyl halides is 3. The molecule has 3 rings (SSSR count). The Morgan fingerprint density at radius 2 is 1.46 bits per heavy atom. The maximum absolute atomic E-state index is 12.3. The molecule has 0 saturated carbocycles. The summed E-state index contributed by atoms with van der Waals surface area (Å²) in [5.41, 5.74) is -5.19. The number of methoxy groups -OCH3 is 1. The van der Waals surface area contributed by atoms with Gasteiger partial charge in [-0.3, -0.25) is 0 Å². The zero-order valence-corrected chi connectivity index (χ0v) is 15.0. The van der Waals surface area contributed by atoms with Gasteiger partial charge in [0, 0.05) is 5.56 Å². The highest BCUT2D eigenvalue weighted by Crippen LogP contribution is 2.30. The molecule has 148 valence electrons. The van der Waals surface area contributed by atoms with Crippen molar-refractivity contribution in [3.8, 4) is 34.6 Å². The standard InChI is InChI=1S/C17H12F3NO6S/c1-24-12-6-8-14(9-7-12)26-13-4-2-11(3-5-13)16-21-15(10-25-16)27-28(22,23)17(18,19)20/h2-10H,1H3. The van der Waals surface area contributed by atoms with Crippen molar-refractivity contribution in [3.05, 3.63) is 54.8 Å². The lowest BCUT2D eigenvalue weighted by Crippen LogP contribution is -2.28. The molecule has 1 aromatic heterocycles. The Bertz CT molecular complexity index is 1040. The summed E-state index contributed by atoms with van der Waals surface area (Å²) in [5.74, 6) is 0.778. The Morgan fingerprint density at radius 3 is 2.00 bits per heavy atom. The second-order valence-electron chi connectivity index (χ2n) is 5.28. The minimum absolute atomic E-state index is 0.122. The van der Waals surface area contributed by atoms with E-state index in [1.54, 1.807) is 43.5 Å². The van der Waals surface area contributed by atoms with Crippen molar-refractivity contribution in [2.75, 3.05) is 7.11 Å². The monoisotopic (exact) mass is 415 g/mol. The van der Waals surface area contributed by atoms with Crippen LogP contribution >= 0.6 is 0 Å². The van der Waals surface area contributed by atoms with Gasteiger partial charge in [-0.25, -0.2) is 0 Å². The Kier molecular flexibility index (Phi) is 5.18. The van der Waals surface area contributed by atoms with Gasteiger partial charge in [-0.15, -0.1) is 0 Å². The molecule has 2 aromatic carbocycles. The number of rotatable bonds is 6. The number of oxazole rings is 1. The van der Waals surface area contributed by atoms with Gasteiger partial charge in [-0.05, 0) is 48.5 Å². The highest BCUT2D eigenvalue weighted by Gasteiger charge is 2.49. The average Bonchev–Trinajstić information content (AvgIpc) is 3.10. The van der Waals surface area contributed by atoms with Crippen LogP contribution in [0.15, 0.2) is 59.2 Å². The number of hydrogen-bond acceptors (Lipinski definition) is 7. The smallest absolute Gasteiger partial charge is 0.497 e. The van der Waals surface area contributed by atoms with Gasteiger partial charge in [-0.1, -0.05) is 0 Å². The molecule has 0 spiro atoms. The fourth-order valence-corrected chi connectivity index (χ4v) is 2.43. The van der Waals surface area contributed by atoms with E-state index < -0.39 is 21.5 Å². The minimum Gasteiger partial charge on any atom is -0.497 e. The van der Waals surface area contributed by atoms with Gasteiger partial charge in [0.15, 0.2) is 6.26 Å². The second kappa shape index (κ2) is 7.43. The predicted octanol–water partition coefficient (Wildman–Crippen LogP) is 4.37. The van der Waals surface area contributed by atoms with Crippen molar-refractivity contribution < 1.29 is 39.7 Å². The molecule has 0 aliphatic rings. The Hall–Kier alpha value is -3.21. The van der Waals surface area contributed by atoms with E-state index in [1.807, 2.05) is 0 Å². The molecule has 28 heavy (non-hydrogen) atoms. The fraction of sp³-hybridized carbons (Fsp3) is 0.118. The lowest BCUT2D eigenvalue weighted by atomic mass is 10.2. The lowest BCUT2D eigenvalue weighted by Gasteiger charge is -2.07. The van der Waals surface area contributed by atoms with Crippen molar-refractivity contribution in [1.82, 2.24) is 4.98 Å². The molecule has 0 bridgehead atoms. The molecule has 0 N–H and O–H groups in total. The van der Waals surface area contributed by atoms with E-state index in [0.29, 0.717) is 29.1 Å². The molecule has 0 atom stereocenters. The van der Waals surface area contributed by atoms with Crippen LogP contribution in [0.4, 0.5) is 13.2 Å². The zero-order chi connectivity index (χ0) is 20.4. The molecular formula is C17H12F3NO6S. The average molecular weight is 415 g/mol. The number of halogens is 3. The first-order valence-corrected chi connectivity index (χ1v) is 8.97. The third-order valence-corrected chi connectivity index (χ3v) is 4.32. The van der Waals surface area contributed by atoms with Gasteiger partial charge in [0.05, 0.1) is 7.11 Å². The summed E-state index contributed by atoms with van der Waals surface area (Å²) < 4.78 is 78.5. The minimum atomic E-state index is -5.82. The molecule has 0 amide bonds. The maximum Gasteiger partial charge on any atom is 0.534 e. The molecule has 1 heterocycles. The second-order valence-corrected chi connectivity index (χ2v) is 6.81. The topological polar surface area (TPSA) is 87.9 Å². The molecule has 0 aliphatic carbocycles. The fourth-order valence-electron chi connectivity index (χ4n) is 2.03. The number of nitrogens with zero attached hydrogens (tertiary/aromatic N) is 1. The van der Waals surface area contributed by atoms with Gasteiger partial charge in [0.2, 0.25) is 5.89 Å². The molecule has 0 fully saturated rings. The van der Waals surface area contributed by atoms with Crippen LogP contribution in [-0.4, -0.2) is 26.0 Å². The molecule has 11 heteroatoms. The number of hydrogen-bond donors (Lipinski definition) is 0. The van der Waals surface area contributed by atoms with Gasteiger partial charge in [0.25, 0.3) is 5.88 Å². The summed E-state index contributed by atoms with van der Waals surface area (Å²) >= 11 is 0. The highest BCUT2D eigenvalue weighted by molar-refractivity contribution is 7.87. The Morgan fingerprint density at radius 1 is 0.929 bits per heavy atom. The third kappa shape index (κ3) is 4.36. The molecule has 0 aliphatic heterocycles. The van der Waals surface area contributed by atoms with Gasteiger partial charge >= 0.3 is 15.6 Å². The van der Waals surface area contributed by atoms with E-state index in [9.17, 15) is 21.6 Å². The van der Waals surface area contributed by atoms with Crippen molar-refractivity contribution >= 4 is 10.1 Å². The van der Waals surface area contributed by atoms with Crippen molar-refractivity contribution in [1.29, 1.82) is 0 Å². The van der Waals surface area contributed by atoms with Crippen LogP contribution in [0, 0.1) is 0 Å². The maximum atomic E-state index is 12.3. The summed E-state index contributed by atoms with van der Waals surface area (Å²) in [5, 5.41) is 0. The summed E-state index contributed by atoms with van der Waals surface area (Å²) in [6.45, 7) is 0. The summed E-state index contributed by atoms with van der Waals surface area (Å²) in [4.78, 5) is 3.59. The van der Waals surface area contributed by atoms with E-state index in [4.69, 9.17) is 13.9 Å². The molecule has 3 aromatic rings. The highest BCUT2D eigenvalue weighted by atomic mass is 32.2. The van der Waals surface area contributed by atoms with E-state index in [0.717, 1.165) is 0 Å². The first-order valence-electron chi connectivity index (χ1n) is 7.56. The summed E-state index contributed by atoms with van der Waals surface area (Å²) in [6.07, 6.45) is 0.667. The van der Waals surface area contributed by atoms with Gasteiger partial charge in [0.1, 0.15) is 17.2 Å². The number of benzene rings is 2. The van der Waals surface area contributed by atoms with Crippen LogP contribution in [0.2, 0.25) is 0 Å². The first kappa shape index (κ1) is 19.5. The zero-order valence-electron chi connectivity index (χ0n) is 14.1. The van der Waals surface area contributed by atoms with Gasteiger partial charge < -0.3 is 18.1 Å². The molecular weight excluding hydrogens is 403 g/mol. The van der Waals surface area contributed by atoms with E-state index >= 15 is 0 Å². The van der Waals surface area contributed by atoms with E-state index in [-0.39, 0.29) is 5.89 Å². The molecule has 0 unspecified atom stereocenters. The molecule has 0 saturated heterocycles. The summed E-state index contributed by atoms with van der Waals surface area (Å²) in [7, 11) is -4.27. The number of aromatic nitrogens is 1. The summed E-state index contributed by atoms with van der Waals surface area (Å²) in [6, 6.07) is 13.1. The van der Waals surface area contributed by atoms with E-state index in [2.05, 4.69) is 9.17 Å². The number of ether oxygens (including phenoxy) is 2. The Balaban J connectivity index is 1.71. The first-order chi connectivity index (χ1) is 13.2. The third-order valence-electron chi connectivity index (χ3n) is 3.36. The normalized spacial score (nSPS) is 11.9. The van der Waals surface area contributed by atoms with Crippen molar-refractivity contribution in [2.45, 2.75) is 5.51 Å². The van der Waals surface area contributed by atoms with Crippen molar-refractivity contribution in [3.63, 3.8) is 0 Å². The van der Waals surface area contributed by atoms with Crippen LogP contribution < -0.4 is 13.7 Å². The Labute approximate surface area is 157 Å². The van der Waals surface area contributed by atoms with Crippen molar-refractivity contribution in [2.24, 2.45) is 0 Å². The molecule has 7 nitrogen and oxygen atoms in total. The van der Waals surface area contributed by atoms with Crippen LogP contribution in [0.1, 0.15) is 0 Å². The molecule has 0 radical (unpaired) electrons. The van der Waals surface area contributed by atoms with Crippen LogP contribution in [-0.2, 0) is 10.1 Å². The van der Waals surface area contributed by atoms with Crippen LogP contribution in [0.3, 0.4) is 0 Å². The van der Waals surface area contributed by atoms with Crippen LogP contribution in [0.25, 0.3) is 11.5 Å². The SMILES string of the molecule is COc1ccc(Oc2ccc(-c3nc(OS(=O)(=O)C(F)(F)F)co3)cc2)cc1. The predicted molar refractivity (Wildman–Crippen MR) is 90.6 cm³/mol. The van der Waals surface area contributed by atoms with Gasteiger partial charge in [-0.2, -0.15) is 26.6 Å².